The van der Waals surface area contributed by atoms with Crippen LogP contribution >= 0.6 is 12.2 Å². The summed E-state index contributed by atoms with van der Waals surface area (Å²) in [6, 6.07) is 16.6. The van der Waals surface area contributed by atoms with Gasteiger partial charge in [0.25, 0.3) is 0 Å². The van der Waals surface area contributed by atoms with Crippen LogP contribution in [0.5, 0.6) is 11.5 Å². The molecule has 7 nitrogen and oxygen atoms in total. The maximum absolute atomic E-state index is 13.1. The van der Waals surface area contributed by atoms with E-state index in [1.54, 1.807) is 30.3 Å². The van der Waals surface area contributed by atoms with Crippen LogP contribution in [0, 0.1) is 18.6 Å². The van der Waals surface area contributed by atoms with E-state index < -0.39 is 20.2 Å². The van der Waals surface area contributed by atoms with Crippen molar-refractivity contribution in [3.05, 3.63) is 88.1 Å². The fourth-order valence-corrected chi connectivity index (χ4v) is 5.73. The van der Waals surface area contributed by atoms with Gasteiger partial charge in [-0.25, -0.2) is 0 Å². The summed E-state index contributed by atoms with van der Waals surface area (Å²) in [5.41, 5.74) is 2.64. The van der Waals surface area contributed by atoms with E-state index in [2.05, 4.69) is 0 Å². The first-order valence-electron chi connectivity index (χ1n) is 11.1. The number of aryl methyl sites for hydroxylation is 3. The summed E-state index contributed by atoms with van der Waals surface area (Å²) in [6.45, 7) is 5.64. The summed E-state index contributed by atoms with van der Waals surface area (Å²) in [4.78, 5) is -0.0997. The second kappa shape index (κ2) is 10.0. The van der Waals surface area contributed by atoms with Crippen molar-refractivity contribution < 1.29 is 29.6 Å². The van der Waals surface area contributed by atoms with Crippen LogP contribution in [-0.2, 0) is 26.7 Å². The van der Waals surface area contributed by atoms with E-state index in [0.29, 0.717) is 17.4 Å². The first-order valence-corrected chi connectivity index (χ1v) is 14.3. The van der Waals surface area contributed by atoms with E-state index >= 15 is 0 Å². The van der Waals surface area contributed by atoms with Gasteiger partial charge in [0, 0.05) is 12.1 Å². The summed E-state index contributed by atoms with van der Waals surface area (Å²) in [5, 5.41) is 0.376. The summed E-state index contributed by atoms with van der Waals surface area (Å²) in [7, 11) is -8.47. The Morgan fingerprint density at radius 1 is 0.778 bits per heavy atom. The van der Waals surface area contributed by atoms with Gasteiger partial charge in [0.05, 0.1) is 5.39 Å². The van der Waals surface area contributed by atoms with Crippen molar-refractivity contribution in [3.63, 3.8) is 0 Å². The van der Waals surface area contributed by atoms with E-state index in [-0.39, 0.29) is 31.6 Å². The van der Waals surface area contributed by atoms with Gasteiger partial charge in [-0.3, -0.25) is 0 Å². The first kappa shape index (κ1) is 25.9. The molecule has 0 aliphatic rings. The molecule has 0 bridgehead atoms. The summed E-state index contributed by atoms with van der Waals surface area (Å²) < 4.78 is 68.8. The lowest BCUT2D eigenvalue weighted by Crippen LogP contribution is -2.12. The van der Waals surface area contributed by atoms with Gasteiger partial charge in [-0.2, -0.15) is 16.8 Å². The molecule has 0 radical (unpaired) electrons. The zero-order valence-electron chi connectivity index (χ0n) is 19.8. The summed E-state index contributed by atoms with van der Waals surface area (Å²) >= 11 is 5.24. The van der Waals surface area contributed by atoms with Crippen LogP contribution < -0.4 is 8.37 Å². The van der Waals surface area contributed by atoms with Crippen molar-refractivity contribution in [1.82, 2.24) is 0 Å². The highest BCUT2D eigenvalue weighted by atomic mass is 32.2. The Balaban J connectivity index is 1.87. The Kier molecular flexibility index (Phi) is 7.21. The molecular formula is C26H24O7S3. The average molecular weight is 545 g/mol. The van der Waals surface area contributed by atoms with Crippen molar-refractivity contribution in [2.45, 2.75) is 43.4 Å². The molecule has 0 N–H and O–H groups in total. The maximum atomic E-state index is 13.1. The fourth-order valence-electron chi connectivity index (χ4n) is 3.65. The minimum Gasteiger partial charge on any atom is -0.445 e. The van der Waals surface area contributed by atoms with Crippen molar-refractivity contribution in [2.24, 2.45) is 0 Å². The third-order valence-corrected chi connectivity index (χ3v) is 8.12. The molecule has 0 amide bonds. The van der Waals surface area contributed by atoms with Crippen LogP contribution in [0.15, 0.2) is 80.9 Å². The van der Waals surface area contributed by atoms with Gasteiger partial charge in [-0.1, -0.05) is 48.7 Å². The molecule has 0 unspecified atom stereocenters. The minimum absolute atomic E-state index is 0.0475. The fraction of sp³-hybridized carbons (Fsp3) is 0.192. The monoisotopic (exact) mass is 544 g/mol. The normalized spacial score (nSPS) is 12.0. The molecule has 0 fully saturated rings. The number of hydrogen-bond donors (Lipinski definition) is 0. The Bertz CT molecular complexity index is 1690. The lowest BCUT2D eigenvalue weighted by atomic mass is 10.0. The van der Waals surface area contributed by atoms with E-state index in [9.17, 15) is 16.8 Å². The molecule has 1 heterocycles. The largest absolute Gasteiger partial charge is 0.445 e. The van der Waals surface area contributed by atoms with Gasteiger partial charge in [0.2, 0.25) is 0 Å². The lowest BCUT2D eigenvalue weighted by Gasteiger charge is -2.15. The molecule has 0 aliphatic heterocycles. The molecule has 4 aromatic rings. The minimum atomic E-state index is -4.25. The van der Waals surface area contributed by atoms with Gasteiger partial charge < -0.3 is 12.8 Å². The van der Waals surface area contributed by atoms with Crippen LogP contribution in [0.4, 0.5) is 0 Å². The van der Waals surface area contributed by atoms with E-state index in [0.717, 1.165) is 17.5 Å². The Labute approximate surface area is 215 Å². The van der Waals surface area contributed by atoms with Gasteiger partial charge >= 0.3 is 20.2 Å². The zero-order chi connectivity index (χ0) is 26.1. The quantitative estimate of drug-likeness (QED) is 0.189. The van der Waals surface area contributed by atoms with Crippen LogP contribution in [0.3, 0.4) is 0 Å². The second-order valence-electron chi connectivity index (χ2n) is 8.34. The van der Waals surface area contributed by atoms with Crippen molar-refractivity contribution in [3.8, 4) is 11.5 Å². The summed E-state index contributed by atoms with van der Waals surface area (Å²) in [6.07, 6.45) is 1.32. The van der Waals surface area contributed by atoms with Crippen molar-refractivity contribution in [2.75, 3.05) is 0 Å². The van der Waals surface area contributed by atoms with E-state index in [1.807, 2.05) is 20.8 Å². The lowest BCUT2D eigenvalue weighted by molar-refractivity contribution is 0.476. The molecule has 188 valence electrons. The highest BCUT2D eigenvalue weighted by molar-refractivity contribution is 7.87. The van der Waals surface area contributed by atoms with Gasteiger partial charge in [0.1, 0.15) is 15.4 Å². The third kappa shape index (κ3) is 5.61. The molecule has 0 saturated carbocycles. The Hall–Kier alpha value is -3.21. The second-order valence-corrected chi connectivity index (χ2v) is 11.8. The smallest absolute Gasteiger partial charge is 0.339 e. The highest BCUT2D eigenvalue weighted by Gasteiger charge is 2.24. The van der Waals surface area contributed by atoms with E-state index in [1.165, 1.54) is 36.4 Å². The molecule has 4 rings (SSSR count). The van der Waals surface area contributed by atoms with Gasteiger partial charge in [0.15, 0.2) is 16.2 Å². The van der Waals surface area contributed by atoms with Crippen LogP contribution in [0.2, 0.25) is 0 Å². The topological polar surface area (TPSA) is 99.9 Å². The molecule has 36 heavy (non-hydrogen) atoms. The highest BCUT2D eigenvalue weighted by Crippen LogP contribution is 2.37. The number of fused-ring (bicyclic) bond motifs is 1. The first-order chi connectivity index (χ1) is 17.0. The van der Waals surface area contributed by atoms with Crippen LogP contribution in [-0.4, -0.2) is 16.8 Å². The van der Waals surface area contributed by atoms with Crippen LogP contribution in [0.25, 0.3) is 11.0 Å². The zero-order valence-corrected chi connectivity index (χ0v) is 22.3. The molecular weight excluding hydrogens is 520 g/mol. The predicted molar refractivity (Wildman–Crippen MR) is 139 cm³/mol. The standard InChI is InChI=1S/C26H24O7S3/c1-4-5-19-14-25(34)31-23-15-20(32-35(27,28)21-10-6-17(2)7-11-21)16-24(26(19)23)33-36(29,30)22-12-8-18(3)9-13-22/h6-16H,4-5H2,1-3H3. The molecule has 0 atom stereocenters. The van der Waals surface area contributed by atoms with Gasteiger partial charge in [-0.15, -0.1) is 0 Å². The predicted octanol–water partition coefficient (Wildman–Crippen LogP) is 6.27. The molecule has 0 spiro atoms. The maximum Gasteiger partial charge on any atom is 0.339 e. The van der Waals surface area contributed by atoms with Crippen LogP contribution in [0.1, 0.15) is 30.0 Å². The molecule has 3 aromatic carbocycles. The number of benzene rings is 3. The molecule has 10 heteroatoms. The van der Waals surface area contributed by atoms with Crippen molar-refractivity contribution >= 4 is 43.4 Å². The third-order valence-electron chi connectivity index (χ3n) is 5.41. The number of hydrogen-bond acceptors (Lipinski definition) is 8. The SMILES string of the molecule is CCCc1cc(=S)oc2cc(OS(=O)(=O)c3ccc(C)cc3)cc(OS(=O)(=O)c3ccc(C)cc3)c12. The molecule has 1 aromatic heterocycles. The molecule has 0 saturated heterocycles. The summed E-state index contributed by atoms with van der Waals surface area (Å²) in [5.74, 6) is -0.298. The van der Waals surface area contributed by atoms with Crippen molar-refractivity contribution in [1.29, 1.82) is 0 Å². The Morgan fingerprint density at radius 3 is 1.83 bits per heavy atom. The average Bonchev–Trinajstić information content (AvgIpc) is 2.79. The molecule has 0 aliphatic carbocycles. The van der Waals surface area contributed by atoms with E-state index in [4.69, 9.17) is 25.0 Å². The van der Waals surface area contributed by atoms with Gasteiger partial charge in [-0.05, 0) is 68.4 Å². The Morgan fingerprint density at radius 2 is 1.31 bits per heavy atom. The number of rotatable bonds is 8.